The molecular weight excluding hydrogens is 440 g/mol. The molecular formula is C34H66O2. The molecule has 0 saturated heterocycles. The minimum absolute atomic E-state index is 0.206. The highest BCUT2D eigenvalue weighted by molar-refractivity contribution is 5.81. The van der Waals surface area contributed by atoms with Crippen molar-refractivity contribution in [3.63, 3.8) is 0 Å². The third kappa shape index (κ3) is 31.2. The minimum atomic E-state index is -0.206. The molecule has 0 spiro atoms. The lowest BCUT2D eigenvalue weighted by Gasteiger charge is -2.05. The number of hydrogen-bond donors (Lipinski definition) is 0. The molecule has 0 atom stereocenters. The van der Waals surface area contributed by atoms with Crippen molar-refractivity contribution in [1.82, 2.24) is 0 Å². The molecule has 0 fully saturated rings. The van der Waals surface area contributed by atoms with E-state index in [1.807, 2.05) is 6.92 Å². The maximum absolute atomic E-state index is 11.2. The maximum Gasteiger partial charge on any atom is 0.330 e. The van der Waals surface area contributed by atoms with E-state index in [1.54, 1.807) is 6.08 Å². The largest absolute Gasteiger partial charge is 0.463 e. The van der Waals surface area contributed by atoms with Gasteiger partial charge in [-0.25, -0.2) is 4.79 Å². The van der Waals surface area contributed by atoms with Crippen LogP contribution in [0.25, 0.3) is 0 Å². The normalized spacial score (nSPS) is 11.5. The highest BCUT2D eigenvalue weighted by atomic mass is 16.5. The first-order chi connectivity index (χ1) is 17.8. The lowest BCUT2D eigenvalue weighted by atomic mass is 10.0. The van der Waals surface area contributed by atoms with Crippen molar-refractivity contribution >= 4 is 5.97 Å². The predicted molar refractivity (Wildman–Crippen MR) is 161 cm³/mol. The van der Waals surface area contributed by atoms with Crippen LogP contribution in [0.5, 0.6) is 0 Å². The van der Waals surface area contributed by atoms with E-state index in [4.69, 9.17) is 4.74 Å². The molecule has 0 aromatic rings. The minimum Gasteiger partial charge on any atom is -0.463 e. The van der Waals surface area contributed by atoms with Crippen molar-refractivity contribution < 1.29 is 9.53 Å². The van der Waals surface area contributed by atoms with Crippen molar-refractivity contribution in [1.29, 1.82) is 0 Å². The van der Waals surface area contributed by atoms with E-state index in [-0.39, 0.29) is 5.97 Å². The van der Waals surface area contributed by atoms with Gasteiger partial charge in [-0.15, -0.1) is 0 Å². The van der Waals surface area contributed by atoms with Gasteiger partial charge in [-0.1, -0.05) is 186 Å². The molecule has 0 aromatic carbocycles. The number of hydrogen-bond acceptors (Lipinski definition) is 2. The smallest absolute Gasteiger partial charge is 0.330 e. The average Bonchev–Trinajstić information content (AvgIpc) is 2.88. The van der Waals surface area contributed by atoms with Crippen LogP contribution in [0.4, 0.5) is 0 Å². The number of allylic oxidation sites excluding steroid dienone is 1. The highest BCUT2D eigenvalue weighted by Crippen LogP contribution is 2.16. The summed E-state index contributed by atoms with van der Waals surface area (Å²) in [5, 5.41) is 0. The van der Waals surface area contributed by atoms with Crippen LogP contribution in [0.15, 0.2) is 12.2 Å². The lowest BCUT2D eigenvalue weighted by molar-refractivity contribution is -0.137. The molecule has 0 aliphatic carbocycles. The Morgan fingerprint density at radius 1 is 0.444 bits per heavy atom. The first kappa shape index (κ1) is 35.2. The van der Waals surface area contributed by atoms with Gasteiger partial charge in [0.1, 0.15) is 0 Å². The van der Waals surface area contributed by atoms with Gasteiger partial charge in [0.25, 0.3) is 0 Å². The summed E-state index contributed by atoms with van der Waals surface area (Å²) in [6.45, 7) is 4.71. The summed E-state index contributed by atoms with van der Waals surface area (Å²) >= 11 is 0. The van der Waals surface area contributed by atoms with E-state index in [1.165, 1.54) is 179 Å². The molecule has 0 saturated carbocycles. The maximum atomic E-state index is 11.2. The fourth-order valence-corrected chi connectivity index (χ4v) is 5.13. The van der Waals surface area contributed by atoms with Gasteiger partial charge in [-0.2, -0.15) is 0 Å². The van der Waals surface area contributed by atoms with Gasteiger partial charge in [-0.3, -0.25) is 0 Å². The fraction of sp³-hybridized carbons (Fsp3) is 0.912. The predicted octanol–water partition coefficient (Wildman–Crippen LogP) is 12.0. The summed E-state index contributed by atoms with van der Waals surface area (Å²) in [6, 6.07) is 0. The van der Waals surface area contributed by atoms with Crippen LogP contribution in [0.2, 0.25) is 0 Å². The molecule has 36 heavy (non-hydrogen) atoms. The molecule has 0 aliphatic heterocycles. The number of esters is 1. The number of carbonyl (C=O) groups is 1. The van der Waals surface area contributed by atoms with Gasteiger partial charge in [0.15, 0.2) is 0 Å². The fourth-order valence-electron chi connectivity index (χ4n) is 5.13. The average molecular weight is 507 g/mol. The second kappa shape index (κ2) is 32.2. The Balaban J connectivity index is 3.05. The molecule has 0 unspecified atom stereocenters. The zero-order valence-corrected chi connectivity index (χ0v) is 25.0. The zero-order valence-electron chi connectivity index (χ0n) is 25.0. The summed E-state index contributed by atoms with van der Waals surface area (Å²) in [4.78, 5) is 11.2. The van der Waals surface area contributed by atoms with Crippen LogP contribution < -0.4 is 0 Å². The Morgan fingerprint density at radius 3 is 0.944 bits per heavy atom. The van der Waals surface area contributed by atoms with Crippen molar-refractivity contribution in [3.8, 4) is 0 Å². The Kier molecular flexibility index (Phi) is 31.5. The van der Waals surface area contributed by atoms with Gasteiger partial charge in [0, 0.05) is 6.08 Å². The van der Waals surface area contributed by atoms with E-state index in [0.717, 1.165) is 6.42 Å². The molecule has 2 heteroatoms. The van der Waals surface area contributed by atoms with Crippen LogP contribution in [0.1, 0.15) is 194 Å². The van der Waals surface area contributed by atoms with Crippen molar-refractivity contribution in [3.05, 3.63) is 12.2 Å². The molecule has 0 N–H and O–H groups in total. The first-order valence-corrected chi connectivity index (χ1v) is 16.6. The number of rotatable bonds is 30. The van der Waals surface area contributed by atoms with Crippen LogP contribution in [0, 0.1) is 0 Å². The van der Waals surface area contributed by atoms with E-state index >= 15 is 0 Å². The molecule has 2 nitrogen and oxygen atoms in total. The third-order valence-electron chi connectivity index (χ3n) is 7.54. The number of carbonyl (C=O) groups excluding carboxylic acids is 1. The summed E-state index contributed by atoms with van der Waals surface area (Å²) in [7, 11) is 0. The SMILES string of the molecule is CC=CC(=O)OCCCCCCCCCCCCCCCCCCCCCCCCCCCCCC. The van der Waals surface area contributed by atoms with Crippen molar-refractivity contribution in [2.24, 2.45) is 0 Å². The highest BCUT2D eigenvalue weighted by Gasteiger charge is 1.98. The van der Waals surface area contributed by atoms with Crippen LogP contribution in [-0.4, -0.2) is 12.6 Å². The molecule has 0 radical (unpaired) electrons. The topological polar surface area (TPSA) is 26.3 Å². The molecule has 0 bridgehead atoms. The van der Waals surface area contributed by atoms with Gasteiger partial charge in [0.05, 0.1) is 6.61 Å². The van der Waals surface area contributed by atoms with Gasteiger partial charge < -0.3 is 4.74 Å². The summed E-state index contributed by atoms with van der Waals surface area (Å²) in [6.07, 6.45) is 42.9. The van der Waals surface area contributed by atoms with E-state index in [9.17, 15) is 4.79 Å². The van der Waals surface area contributed by atoms with E-state index < -0.39 is 0 Å². The van der Waals surface area contributed by atoms with E-state index in [2.05, 4.69) is 6.92 Å². The Labute approximate surface area is 227 Å². The van der Waals surface area contributed by atoms with Crippen LogP contribution in [-0.2, 0) is 9.53 Å². The third-order valence-corrected chi connectivity index (χ3v) is 7.54. The molecule has 0 aliphatic rings. The van der Waals surface area contributed by atoms with Crippen LogP contribution in [0.3, 0.4) is 0 Å². The molecule has 0 amide bonds. The van der Waals surface area contributed by atoms with E-state index in [0.29, 0.717) is 6.61 Å². The van der Waals surface area contributed by atoms with Crippen molar-refractivity contribution in [2.45, 2.75) is 194 Å². The molecule has 0 aromatic heterocycles. The second-order valence-corrected chi connectivity index (χ2v) is 11.2. The first-order valence-electron chi connectivity index (χ1n) is 16.6. The number of ether oxygens (including phenoxy) is 1. The van der Waals surface area contributed by atoms with Gasteiger partial charge in [0.2, 0.25) is 0 Å². The van der Waals surface area contributed by atoms with Gasteiger partial charge in [-0.05, 0) is 13.3 Å². The Bertz CT molecular complexity index is 442. The van der Waals surface area contributed by atoms with Crippen molar-refractivity contribution in [2.75, 3.05) is 6.61 Å². The quantitative estimate of drug-likeness (QED) is 0.0550. The molecule has 0 rings (SSSR count). The summed E-state index contributed by atoms with van der Waals surface area (Å²) in [5.41, 5.74) is 0. The lowest BCUT2D eigenvalue weighted by Crippen LogP contribution is -2.01. The second-order valence-electron chi connectivity index (χ2n) is 11.2. The zero-order chi connectivity index (χ0) is 26.2. The Hall–Kier alpha value is -0.790. The van der Waals surface area contributed by atoms with Gasteiger partial charge >= 0.3 is 5.97 Å². The standard InChI is InChI=1S/C34H66O2/c1-3-5-6-7-8-9-10-11-12-13-14-15-16-17-18-19-20-21-22-23-24-25-26-27-28-29-30-31-33-36-34(35)32-4-2/h4,32H,3,5-31,33H2,1-2H3. The molecule has 0 heterocycles. The number of unbranched alkanes of at least 4 members (excludes halogenated alkanes) is 27. The summed E-state index contributed by atoms with van der Waals surface area (Å²) in [5.74, 6) is -0.206. The summed E-state index contributed by atoms with van der Waals surface area (Å²) < 4.78 is 5.12. The Morgan fingerprint density at radius 2 is 0.694 bits per heavy atom. The van der Waals surface area contributed by atoms with Crippen LogP contribution >= 0.6 is 0 Å². The molecule has 214 valence electrons. The monoisotopic (exact) mass is 507 g/mol.